The first kappa shape index (κ1) is 11.5. The van der Waals surface area contributed by atoms with E-state index in [2.05, 4.69) is 0 Å². The van der Waals surface area contributed by atoms with Crippen LogP contribution >= 0.6 is 11.3 Å². The number of benzene rings is 1. The van der Waals surface area contributed by atoms with E-state index in [1.807, 2.05) is 11.4 Å². The topological polar surface area (TPSA) is 43.4 Å². The molecule has 0 radical (unpaired) electrons. The lowest BCUT2D eigenvalue weighted by molar-refractivity contribution is -0.131. The first-order chi connectivity index (χ1) is 8.18. The molecule has 1 aromatic heterocycles. The standard InChI is InChI=1S/C13H10O3S/c1-9(14)16-11-6-3-2-5-10(11)13(15)12-7-4-8-17-12/h2-8H,1H3. The third-order valence-corrected chi connectivity index (χ3v) is 3.00. The Morgan fingerprint density at radius 1 is 1.12 bits per heavy atom. The van der Waals surface area contributed by atoms with Crippen molar-refractivity contribution in [2.24, 2.45) is 0 Å². The van der Waals surface area contributed by atoms with Gasteiger partial charge in [-0.3, -0.25) is 9.59 Å². The molecule has 2 rings (SSSR count). The van der Waals surface area contributed by atoms with Gasteiger partial charge in [-0.1, -0.05) is 18.2 Å². The second-order valence-electron chi connectivity index (χ2n) is 3.40. The highest BCUT2D eigenvalue weighted by atomic mass is 32.1. The quantitative estimate of drug-likeness (QED) is 0.475. The van der Waals surface area contributed by atoms with E-state index in [1.165, 1.54) is 18.3 Å². The molecule has 0 fully saturated rings. The van der Waals surface area contributed by atoms with Crippen LogP contribution in [0.4, 0.5) is 0 Å². The predicted molar refractivity (Wildman–Crippen MR) is 65.5 cm³/mol. The first-order valence-electron chi connectivity index (χ1n) is 5.04. The zero-order chi connectivity index (χ0) is 12.3. The molecule has 4 heteroatoms. The number of para-hydroxylation sites is 1. The average Bonchev–Trinajstić information content (AvgIpc) is 2.81. The van der Waals surface area contributed by atoms with Crippen LogP contribution in [0.3, 0.4) is 0 Å². The van der Waals surface area contributed by atoms with Crippen LogP contribution in [-0.2, 0) is 4.79 Å². The van der Waals surface area contributed by atoms with Crippen molar-refractivity contribution in [3.63, 3.8) is 0 Å². The fraction of sp³-hybridized carbons (Fsp3) is 0.0769. The Bertz CT molecular complexity index is 544. The number of ether oxygens (including phenoxy) is 1. The van der Waals surface area contributed by atoms with E-state index in [4.69, 9.17) is 4.74 Å². The number of esters is 1. The van der Waals surface area contributed by atoms with Gasteiger partial charge in [0.05, 0.1) is 10.4 Å². The van der Waals surface area contributed by atoms with Gasteiger partial charge in [-0.25, -0.2) is 0 Å². The summed E-state index contributed by atoms with van der Waals surface area (Å²) in [5.74, 6) is -0.258. The maximum atomic E-state index is 12.1. The van der Waals surface area contributed by atoms with Crippen molar-refractivity contribution in [2.45, 2.75) is 6.92 Å². The molecule has 0 bridgehead atoms. The van der Waals surface area contributed by atoms with Gasteiger partial charge >= 0.3 is 5.97 Å². The van der Waals surface area contributed by atoms with E-state index in [0.29, 0.717) is 16.2 Å². The highest BCUT2D eigenvalue weighted by Crippen LogP contribution is 2.23. The number of carbonyl (C=O) groups is 2. The highest BCUT2D eigenvalue weighted by Gasteiger charge is 2.15. The van der Waals surface area contributed by atoms with E-state index >= 15 is 0 Å². The third-order valence-electron chi connectivity index (χ3n) is 2.13. The molecular weight excluding hydrogens is 236 g/mol. The van der Waals surface area contributed by atoms with Crippen LogP contribution in [0, 0.1) is 0 Å². The number of ketones is 1. The average molecular weight is 246 g/mol. The van der Waals surface area contributed by atoms with E-state index in [9.17, 15) is 9.59 Å². The second kappa shape index (κ2) is 4.93. The van der Waals surface area contributed by atoms with Gasteiger partial charge in [-0.05, 0) is 23.6 Å². The fourth-order valence-corrected chi connectivity index (χ4v) is 2.12. The van der Waals surface area contributed by atoms with Crippen LogP contribution in [0.25, 0.3) is 0 Å². The van der Waals surface area contributed by atoms with E-state index < -0.39 is 5.97 Å². The molecule has 0 aliphatic rings. The van der Waals surface area contributed by atoms with Gasteiger partial charge in [0.15, 0.2) is 0 Å². The summed E-state index contributed by atoms with van der Waals surface area (Å²) in [6.07, 6.45) is 0. The molecule has 0 atom stereocenters. The zero-order valence-corrected chi connectivity index (χ0v) is 9.99. The molecule has 86 valence electrons. The Labute approximate surface area is 103 Å². The third kappa shape index (κ3) is 2.60. The Morgan fingerprint density at radius 2 is 1.88 bits per heavy atom. The van der Waals surface area contributed by atoms with E-state index in [1.54, 1.807) is 30.3 Å². The van der Waals surface area contributed by atoms with Crippen molar-refractivity contribution < 1.29 is 14.3 Å². The lowest BCUT2D eigenvalue weighted by Gasteiger charge is -2.06. The molecule has 2 aromatic rings. The smallest absolute Gasteiger partial charge is 0.308 e. The minimum absolute atomic E-state index is 0.128. The molecule has 3 nitrogen and oxygen atoms in total. The van der Waals surface area contributed by atoms with E-state index in [-0.39, 0.29) is 5.78 Å². The summed E-state index contributed by atoms with van der Waals surface area (Å²) in [6.45, 7) is 1.31. The summed E-state index contributed by atoms with van der Waals surface area (Å²) in [4.78, 5) is 23.7. The van der Waals surface area contributed by atoms with Crippen molar-refractivity contribution in [3.05, 3.63) is 52.2 Å². The maximum Gasteiger partial charge on any atom is 0.308 e. The number of hydrogen-bond acceptors (Lipinski definition) is 4. The van der Waals surface area contributed by atoms with Gasteiger partial charge < -0.3 is 4.74 Å². The molecule has 0 aliphatic heterocycles. The summed E-state index contributed by atoms with van der Waals surface area (Å²) >= 11 is 1.36. The van der Waals surface area contributed by atoms with Crippen molar-refractivity contribution >= 4 is 23.1 Å². The Kier molecular flexibility index (Phi) is 3.35. The number of hydrogen-bond donors (Lipinski definition) is 0. The van der Waals surface area contributed by atoms with Gasteiger partial charge in [0, 0.05) is 6.92 Å². The van der Waals surface area contributed by atoms with Crippen LogP contribution in [0.1, 0.15) is 22.2 Å². The number of carbonyl (C=O) groups excluding carboxylic acids is 2. The maximum absolute atomic E-state index is 12.1. The zero-order valence-electron chi connectivity index (χ0n) is 9.17. The molecule has 1 heterocycles. The van der Waals surface area contributed by atoms with Gasteiger partial charge in [0.1, 0.15) is 5.75 Å². The monoisotopic (exact) mass is 246 g/mol. The fourth-order valence-electron chi connectivity index (χ4n) is 1.44. The molecule has 0 amide bonds. The molecule has 0 unspecified atom stereocenters. The molecule has 17 heavy (non-hydrogen) atoms. The van der Waals surface area contributed by atoms with Crippen molar-refractivity contribution in [3.8, 4) is 5.75 Å². The highest BCUT2D eigenvalue weighted by molar-refractivity contribution is 7.12. The Hall–Kier alpha value is -1.94. The largest absolute Gasteiger partial charge is 0.426 e. The second-order valence-corrected chi connectivity index (χ2v) is 4.34. The summed E-state index contributed by atoms with van der Waals surface area (Å²) in [6, 6.07) is 10.3. The van der Waals surface area contributed by atoms with Crippen LogP contribution in [0.15, 0.2) is 41.8 Å². The Morgan fingerprint density at radius 3 is 2.53 bits per heavy atom. The molecule has 1 aromatic carbocycles. The number of rotatable bonds is 3. The summed E-state index contributed by atoms with van der Waals surface area (Å²) in [7, 11) is 0. The van der Waals surface area contributed by atoms with E-state index in [0.717, 1.165) is 0 Å². The lowest BCUT2D eigenvalue weighted by atomic mass is 10.1. The van der Waals surface area contributed by atoms with Gasteiger partial charge in [0.25, 0.3) is 0 Å². The Balaban J connectivity index is 2.38. The van der Waals surface area contributed by atoms with Crippen molar-refractivity contribution in [1.29, 1.82) is 0 Å². The SMILES string of the molecule is CC(=O)Oc1ccccc1C(=O)c1cccs1. The first-order valence-corrected chi connectivity index (χ1v) is 5.92. The van der Waals surface area contributed by atoms with Gasteiger partial charge in [0.2, 0.25) is 5.78 Å². The van der Waals surface area contributed by atoms with Crippen LogP contribution in [0.5, 0.6) is 5.75 Å². The molecule has 0 N–H and O–H groups in total. The predicted octanol–water partition coefficient (Wildman–Crippen LogP) is 2.90. The minimum Gasteiger partial charge on any atom is -0.426 e. The van der Waals surface area contributed by atoms with Crippen LogP contribution < -0.4 is 4.74 Å². The molecule has 0 saturated heterocycles. The number of thiophene rings is 1. The summed E-state index contributed by atoms with van der Waals surface area (Å²) in [5.41, 5.74) is 0.408. The van der Waals surface area contributed by atoms with Crippen LogP contribution in [0.2, 0.25) is 0 Å². The lowest BCUT2D eigenvalue weighted by Crippen LogP contribution is -2.07. The van der Waals surface area contributed by atoms with Crippen molar-refractivity contribution in [2.75, 3.05) is 0 Å². The van der Waals surface area contributed by atoms with Gasteiger partial charge in [-0.2, -0.15) is 0 Å². The normalized spacial score (nSPS) is 9.94. The summed E-state index contributed by atoms with van der Waals surface area (Å²) in [5, 5.41) is 1.83. The molecule has 0 aliphatic carbocycles. The summed E-state index contributed by atoms with van der Waals surface area (Å²) < 4.78 is 5.01. The molecule has 0 saturated carbocycles. The minimum atomic E-state index is -0.434. The van der Waals surface area contributed by atoms with Crippen LogP contribution in [-0.4, -0.2) is 11.8 Å². The molecule has 0 spiro atoms. The molecular formula is C13H10O3S. The van der Waals surface area contributed by atoms with Gasteiger partial charge in [-0.15, -0.1) is 11.3 Å². The van der Waals surface area contributed by atoms with Crippen molar-refractivity contribution in [1.82, 2.24) is 0 Å².